The Morgan fingerprint density at radius 2 is 1.78 bits per heavy atom. The second-order valence-electron chi connectivity index (χ2n) is 8.83. The van der Waals surface area contributed by atoms with E-state index in [1.165, 1.54) is 25.5 Å². The largest absolute Gasteiger partial charge is 0.493 e. The highest BCUT2D eigenvalue weighted by Gasteiger charge is 2.31. The Bertz CT molecular complexity index is 1820. The second kappa shape index (κ2) is 11.8. The lowest BCUT2D eigenvalue weighted by atomic mass is 10.1. The van der Waals surface area contributed by atoms with Crippen molar-refractivity contribution in [1.82, 2.24) is 9.66 Å². The van der Waals surface area contributed by atoms with E-state index in [0.717, 1.165) is 26.8 Å². The lowest BCUT2D eigenvalue weighted by Crippen LogP contribution is -2.20. The third-order valence-electron chi connectivity index (χ3n) is 6.08. The summed E-state index contributed by atoms with van der Waals surface area (Å²) >= 11 is 9.73. The number of fused-ring (bicyclic) bond motifs is 1. The fraction of sp³-hybridized carbons (Fsp3) is 0.100. The molecule has 0 spiro atoms. The first-order chi connectivity index (χ1) is 19.6. The molecule has 0 atom stereocenters. The van der Waals surface area contributed by atoms with Crippen molar-refractivity contribution in [3.8, 4) is 22.9 Å². The van der Waals surface area contributed by atoms with Crippen LogP contribution < -0.4 is 15.0 Å². The van der Waals surface area contributed by atoms with Gasteiger partial charge in [-0.1, -0.05) is 63.9 Å². The molecule has 1 aromatic heterocycles. The lowest BCUT2D eigenvalue weighted by Gasteiger charge is -2.15. The minimum absolute atomic E-state index is 0.0650. The van der Waals surface area contributed by atoms with Gasteiger partial charge in [-0.05, 0) is 48.0 Å². The summed E-state index contributed by atoms with van der Waals surface area (Å²) in [6, 6.07) is 21.8. The van der Waals surface area contributed by atoms with E-state index >= 15 is 0 Å². The van der Waals surface area contributed by atoms with Crippen LogP contribution in [0, 0.1) is 0 Å². The number of nitrogens with zero attached hydrogens (tertiary/aromatic N) is 3. The average Bonchev–Trinajstić information content (AvgIpc) is 2.96. The Hall–Kier alpha value is -4.15. The van der Waals surface area contributed by atoms with Gasteiger partial charge in [0, 0.05) is 26.7 Å². The number of alkyl halides is 3. The quantitative estimate of drug-likeness (QED) is 0.169. The number of hydrogen-bond donors (Lipinski definition) is 0. The molecule has 41 heavy (non-hydrogen) atoms. The zero-order valence-electron chi connectivity index (χ0n) is 21.3. The van der Waals surface area contributed by atoms with E-state index in [2.05, 4.69) is 26.0 Å². The van der Waals surface area contributed by atoms with Crippen LogP contribution in [0.5, 0.6) is 11.5 Å². The zero-order valence-corrected chi connectivity index (χ0v) is 23.7. The maximum absolute atomic E-state index is 13.5. The van der Waals surface area contributed by atoms with Gasteiger partial charge in [0.15, 0.2) is 17.3 Å². The van der Waals surface area contributed by atoms with Crippen molar-refractivity contribution in [3.05, 3.63) is 121 Å². The Morgan fingerprint density at radius 1 is 1.02 bits per heavy atom. The molecule has 0 N–H and O–H groups in total. The molecule has 0 amide bonds. The highest BCUT2D eigenvalue weighted by Crippen LogP contribution is 2.35. The molecule has 0 aliphatic heterocycles. The third kappa shape index (κ3) is 6.28. The lowest BCUT2D eigenvalue weighted by molar-refractivity contribution is -0.137. The molecule has 0 radical (unpaired) electrons. The molecule has 11 heteroatoms. The Morgan fingerprint density at radius 3 is 2.51 bits per heavy atom. The summed E-state index contributed by atoms with van der Waals surface area (Å²) in [7, 11) is 1.46. The number of para-hydroxylation sites is 1. The molecular weight excluding hydrogens is 623 g/mol. The molecule has 0 aliphatic rings. The van der Waals surface area contributed by atoms with Gasteiger partial charge < -0.3 is 9.47 Å². The number of hydrogen-bond acceptors (Lipinski definition) is 5. The predicted molar refractivity (Wildman–Crippen MR) is 156 cm³/mol. The molecule has 208 valence electrons. The molecule has 0 fully saturated rings. The maximum Gasteiger partial charge on any atom is 0.416 e. The van der Waals surface area contributed by atoms with Crippen molar-refractivity contribution < 1.29 is 22.6 Å². The SMILES string of the molecule is COc1cc(Cl)cc(C=Nn2c(-c3cccc(C(F)(F)F)c3)nc3ccccc3c2=O)c1OCc1ccc(Br)cc1. The van der Waals surface area contributed by atoms with E-state index in [9.17, 15) is 18.0 Å². The van der Waals surface area contributed by atoms with Crippen LogP contribution in [0.3, 0.4) is 0 Å². The van der Waals surface area contributed by atoms with E-state index in [-0.39, 0.29) is 23.4 Å². The predicted octanol–water partition coefficient (Wildman–Crippen LogP) is 7.97. The number of aromatic nitrogens is 2. The van der Waals surface area contributed by atoms with Gasteiger partial charge in [0.25, 0.3) is 5.56 Å². The van der Waals surface area contributed by atoms with Gasteiger partial charge in [-0.25, -0.2) is 4.98 Å². The summed E-state index contributed by atoms with van der Waals surface area (Å²) in [5.41, 5.74) is 0.202. The smallest absolute Gasteiger partial charge is 0.416 e. The normalized spacial score (nSPS) is 11.8. The van der Waals surface area contributed by atoms with Gasteiger partial charge in [-0.2, -0.15) is 22.9 Å². The van der Waals surface area contributed by atoms with Gasteiger partial charge >= 0.3 is 6.18 Å². The average molecular weight is 643 g/mol. The molecule has 5 rings (SSSR count). The van der Waals surface area contributed by atoms with E-state index < -0.39 is 17.3 Å². The van der Waals surface area contributed by atoms with Gasteiger partial charge in [0.1, 0.15) is 6.61 Å². The maximum atomic E-state index is 13.5. The first kappa shape index (κ1) is 28.4. The van der Waals surface area contributed by atoms with Crippen molar-refractivity contribution in [1.29, 1.82) is 0 Å². The highest BCUT2D eigenvalue weighted by atomic mass is 79.9. The summed E-state index contributed by atoms with van der Waals surface area (Å²) in [6.07, 6.45) is -3.25. The van der Waals surface area contributed by atoms with Crippen LogP contribution in [0.25, 0.3) is 22.3 Å². The van der Waals surface area contributed by atoms with Crippen molar-refractivity contribution in [2.45, 2.75) is 12.8 Å². The Kier molecular flexibility index (Phi) is 8.14. The number of ether oxygens (including phenoxy) is 2. The van der Waals surface area contributed by atoms with Crippen LogP contribution in [0.1, 0.15) is 16.7 Å². The van der Waals surface area contributed by atoms with Crippen molar-refractivity contribution in [2.75, 3.05) is 7.11 Å². The van der Waals surface area contributed by atoms with E-state index in [0.29, 0.717) is 27.6 Å². The molecular formula is C30H20BrClF3N3O3. The molecule has 0 bridgehead atoms. The molecule has 1 heterocycles. The molecule has 0 saturated heterocycles. The van der Waals surface area contributed by atoms with Crippen molar-refractivity contribution in [3.63, 3.8) is 0 Å². The molecule has 4 aromatic carbocycles. The molecule has 0 saturated carbocycles. The molecule has 0 unspecified atom stereocenters. The standard InChI is InChI=1S/C30H20BrClF3N3O3/c1-40-26-15-23(32)14-20(27(26)41-17-18-9-11-22(31)12-10-18)16-36-38-28(19-5-4-6-21(13-19)30(33,34)35)37-25-8-3-2-7-24(25)29(38)39/h2-16H,17H2,1H3. The summed E-state index contributed by atoms with van der Waals surface area (Å²) in [5.74, 6) is 0.575. The van der Waals surface area contributed by atoms with Gasteiger partial charge in [-0.3, -0.25) is 4.79 Å². The Labute approximate surface area is 245 Å². The summed E-state index contributed by atoms with van der Waals surface area (Å²) in [6.45, 7) is 0.194. The minimum Gasteiger partial charge on any atom is -0.493 e. The Balaban J connectivity index is 1.63. The number of methoxy groups -OCH3 is 1. The molecule has 6 nitrogen and oxygen atoms in total. The van der Waals surface area contributed by atoms with Crippen LogP contribution >= 0.6 is 27.5 Å². The van der Waals surface area contributed by atoms with Crippen LogP contribution in [-0.2, 0) is 12.8 Å². The number of benzene rings is 4. The first-order valence-corrected chi connectivity index (χ1v) is 13.3. The number of rotatable bonds is 7. The first-order valence-electron chi connectivity index (χ1n) is 12.1. The molecule has 0 aliphatic carbocycles. The molecule has 5 aromatic rings. The van der Waals surface area contributed by atoms with Gasteiger partial charge in [0.05, 0.1) is 29.8 Å². The summed E-state index contributed by atoms with van der Waals surface area (Å²) < 4.78 is 53.9. The van der Waals surface area contributed by atoms with Gasteiger partial charge in [0.2, 0.25) is 0 Å². The van der Waals surface area contributed by atoms with E-state index in [1.54, 1.807) is 36.4 Å². The van der Waals surface area contributed by atoms with Crippen LogP contribution in [0.2, 0.25) is 5.02 Å². The third-order valence-corrected chi connectivity index (χ3v) is 6.83. The summed E-state index contributed by atoms with van der Waals surface area (Å²) in [4.78, 5) is 18.0. The number of halogens is 5. The highest BCUT2D eigenvalue weighted by molar-refractivity contribution is 9.10. The summed E-state index contributed by atoms with van der Waals surface area (Å²) in [5, 5.41) is 4.94. The van der Waals surface area contributed by atoms with Crippen LogP contribution in [-0.4, -0.2) is 23.0 Å². The zero-order chi connectivity index (χ0) is 29.1. The second-order valence-corrected chi connectivity index (χ2v) is 10.2. The van der Waals surface area contributed by atoms with Crippen molar-refractivity contribution >= 4 is 44.6 Å². The van der Waals surface area contributed by atoms with Gasteiger partial charge in [-0.15, -0.1) is 0 Å². The topological polar surface area (TPSA) is 65.7 Å². The fourth-order valence-electron chi connectivity index (χ4n) is 4.10. The van der Waals surface area contributed by atoms with Crippen LogP contribution in [0.4, 0.5) is 13.2 Å². The van der Waals surface area contributed by atoms with Crippen molar-refractivity contribution in [2.24, 2.45) is 5.10 Å². The van der Waals surface area contributed by atoms with E-state index in [1.807, 2.05) is 24.3 Å². The van der Waals surface area contributed by atoms with E-state index in [4.69, 9.17) is 21.1 Å². The monoisotopic (exact) mass is 641 g/mol. The fourth-order valence-corrected chi connectivity index (χ4v) is 4.58. The van der Waals surface area contributed by atoms with Crippen LogP contribution in [0.15, 0.2) is 99.3 Å². The minimum atomic E-state index is -4.58.